The molecule has 2 amide bonds. The first-order chi connectivity index (χ1) is 16.5. The van der Waals surface area contributed by atoms with E-state index in [2.05, 4.69) is 5.32 Å². The van der Waals surface area contributed by atoms with Gasteiger partial charge in [0.15, 0.2) is 0 Å². The van der Waals surface area contributed by atoms with Gasteiger partial charge in [0.25, 0.3) is 11.8 Å². The second-order valence-electron chi connectivity index (χ2n) is 7.29. The Bertz CT molecular complexity index is 1270. The van der Waals surface area contributed by atoms with Gasteiger partial charge in [0, 0.05) is 6.07 Å². The summed E-state index contributed by atoms with van der Waals surface area (Å²) in [5, 5.41) is 3.08. The third-order valence-corrected chi connectivity index (χ3v) is 5.29. The lowest BCUT2D eigenvalue weighted by Gasteiger charge is -2.19. The maximum absolute atomic E-state index is 13.6. The molecule has 0 aromatic heterocycles. The van der Waals surface area contributed by atoms with E-state index in [4.69, 9.17) is 14.2 Å². The van der Waals surface area contributed by atoms with Gasteiger partial charge in [0.05, 0.1) is 37.8 Å². The fourth-order valence-electron chi connectivity index (χ4n) is 3.70. The molecule has 1 N–H and O–H groups in total. The third kappa shape index (κ3) is 4.17. The zero-order valence-electron chi connectivity index (χ0n) is 18.9. The average molecular weight is 462 g/mol. The Morgan fingerprint density at radius 2 is 1.62 bits per heavy atom. The topological polar surface area (TPSA) is 77.1 Å². The summed E-state index contributed by atoms with van der Waals surface area (Å²) in [7, 11) is 2.95. The fraction of sp³-hybridized carbons (Fsp3) is 0.154. The van der Waals surface area contributed by atoms with Gasteiger partial charge in [-0.1, -0.05) is 24.3 Å². The van der Waals surface area contributed by atoms with Crippen LogP contribution in [0.4, 0.5) is 15.8 Å². The van der Waals surface area contributed by atoms with E-state index in [0.29, 0.717) is 29.4 Å². The number of nitrogens with one attached hydrogen (secondary N) is 1. The van der Waals surface area contributed by atoms with Crippen molar-refractivity contribution in [3.05, 3.63) is 83.8 Å². The van der Waals surface area contributed by atoms with Crippen LogP contribution in [0.25, 0.3) is 5.57 Å². The van der Waals surface area contributed by atoms with E-state index in [1.807, 2.05) is 13.0 Å². The summed E-state index contributed by atoms with van der Waals surface area (Å²) in [5.74, 6) is -0.288. The van der Waals surface area contributed by atoms with Crippen LogP contribution in [0.2, 0.25) is 0 Å². The molecule has 8 heteroatoms. The number of methoxy groups -OCH3 is 2. The van der Waals surface area contributed by atoms with Crippen molar-refractivity contribution in [1.82, 2.24) is 0 Å². The van der Waals surface area contributed by atoms with Gasteiger partial charge in [-0.2, -0.15) is 0 Å². The molecule has 0 aliphatic carbocycles. The Kier molecular flexibility index (Phi) is 6.49. The number of anilines is 2. The van der Waals surface area contributed by atoms with Crippen LogP contribution >= 0.6 is 0 Å². The number of halogens is 1. The molecule has 7 nitrogen and oxygen atoms in total. The molecule has 1 aliphatic rings. The first-order valence-electron chi connectivity index (χ1n) is 10.6. The zero-order valence-corrected chi connectivity index (χ0v) is 18.9. The number of nitrogens with zero attached hydrogens (tertiary/aromatic N) is 1. The second kappa shape index (κ2) is 9.66. The third-order valence-electron chi connectivity index (χ3n) is 5.29. The minimum Gasteiger partial charge on any atom is -0.497 e. The molecule has 0 saturated heterocycles. The summed E-state index contributed by atoms with van der Waals surface area (Å²) >= 11 is 0. The van der Waals surface area contributed by atoms with Crippen molar-refractivity contribution in [2.75, 3.05) is 31.0 Å². The summed E-state index contributed by atoms with van der Waals surface area (Å²) in [6, 6.07) is 17.3. The summed E-state index contributed by atoms with van der Waals surface area (Å²) in [6.07, 6.45) is 0. The number of amides is 2. The first-order valence-corrected chi connectivity index (χ1v) is 10.6. The zero-order chi connectivity index (χ0) is 24.2. The molecule has 0 bridgehead atoms. The Morgan fingerprint density at radius 3 is 2.29 bits per heavy atom. The number of carbonyl (C=O) groups excluding carboxylic acids is 2. The first kappa shape index (κ1) is 22.8. The SMILES string of the molecule is CCOc1ccccc1NC1=C(c2ccc(F)cc2)C(=O)N(c2ccc(OC)cc2OC)C1=O. The quantitative estimate of drug-likeness (QED) is 0.492. The fourth-order valence-corrected chi connectivity index (χ4v) is 3.70. The van der Waals surface area contributed by atoms with Gasteiger partial charge in [-0.15, -0.1) is 0 Å². The summed E-state index contributed by atoms with van der Waals surface area (Å²) in [6.45, 7) is 2.27. The lowest BCUT2D eigenvalue weighted by atomic mass is 10.0. The number of benzene rings is 3. The molecule has 0 saturated carbocycles. The van der Waals surface area contributed by atoms with E-state index in [1.54, 1.807) is 36.4 Å². The van der Waals surface area contributed by atoms with Crippen LogP contribution in [0.3, 0.4) is 0 Å². The normalized spacial score (nSPS) is 13.4. The molecular formula is C26H23FN2O5. The van der Waals surface area contributed by atoms with Gasteiger partial charge in [0.1, 0.15) is 28.8 Å². The molecule has 0 spiro atoms. The number of carbonyl (C=O) groups is 2. The highest BCUT2D eigenvalue weighted by Crippen LogP contribution is 2.40. The molecule has 3 aromatic rings. The van der Waals surface area contributed by atoms with Gasteiger partial charge in [-0.05, 0) is 48.9 Å². The molecule has 34 heavy (non-hydrogen) atoms. The maximum Gasteiger partial charge on any atom is 0.282 e. The van der Waals surface area contributed by atoms with Crippen molar-refractivity contribution in [3.8, 4) is 17.2 Å². The van der Waals surface area contributed by atoms with Gasteiger partial charge < -0.3 is 19.5 Å². The number of hydrogen-bond donors (Lipinski definition) is 1. The number of rotatable bonds is 8. The Hall–Kier alpha value is -4.33. The highest BCUT2D eigenvalue weighted by Gasteiger charge is 2.41. The van der Waals surface area contributed by atoms with Crippen LogP contribution < -0.4 is 24.4 Å². The molecule has 4 rings (SSSR count). The molecule has 1 aliphatic heterocycles. The van der Waals surface area contributed by atoms with E-state index in [-0.39, 0.29) is 22.7 Å². The number of ether oxygens (including phenoxy) is 3. The molecule has 0 atom stereocenters. The monoisotopic (exact) mass is 462 g/mol. The molecule has 174 valence electrons. The summed E-state index contributed by atoms with van der Waals surface area (Å²) in [5.41, 5.74) is 1.32. The predicted octanol–water partition coefficient (Wildman–Crippen LogP) is 4.64. The van der Waals surface area contributed by atoms with Crippen molar-refractivity contribution in [3.63, 3.8) is 0 Å². The van der Waals surface area contributed by atoms with Gasteiger partial charge in [-0.3, -0.25) is 9.59 Å². The minimum atomic E-state index is -0.584. The van der Waals surface area contributed by atoms with E-state index in [0.717, 1.165) is 4.90 Å². The van der Waals surface area contributed by atoms with Crippen LogP contribution in [0.5, 0.6) is 17.2 Å². The standard InChI is InChI=1S/C26H23FN2O5/c1-4-34-21-8-6-5-7-19(21)28-24-23(16-9-11-17(27)12-10-16)25(30)29(26(24)31)20-14-13-18(32-2)15-22(20)33-3/h5-15,28H,4H2,1-3H3. The van der Waals surface area contributed by atoms with Crippen LogP contribution in [0.1, 0.15) is 12.5 Å². The van der Waals surface area contributed by atoms with Crippen molar-refractivity contribution in [2.45, 2.75) is 6.92 Å². The van der Waals surface area contributed by atoms with Crippen molar-refractivity contribution < 1.29 is 28.2 Å². The summed E-state index contributed by atoms with van der Waals surface area (Å²) in [4.78, 5) is 28.3. The second-order valence-corrected chi connectivity index (χ2v) is 7.29. The summed E-state index contributed by atoms with van der Waals surface area (Å²) < 4.78 is 29.9. The van der Waals surface area contributed by atoms with Crippen molar-refractivity contribution in [2.24, 2.45) is 0 Å². The largest absolute Gasteiger partial charge is 0.497 e. The van der Waals surface area contributed by atoms with E-state index < -0.39 is 17.6 Å². The highest BCUT2D eigenvalue weighted by atomic mass is 19.1. The van der Waals surface area contributed by atoms with Crippen LogP contribution in [0, 0.1) is 5.82 Å². The van der Waals surface area contributed by atoms with E-state index in [1.165, 1.54) is 38.5 Å². The minimum absolute atomic E-state index is 0.0432. The Morgan fingerprint density at radius 1 is 0.882 bits per heavy atom. The number of imide groups is 1. The smallest absolute Gasteiger partial charge is 0.282 e. The lowest BCUT2D eigenvalue weighted by Crippen LogP contribution is -2.32. The number of hydrogen-bond acceptors (Lipinski definition) is 6. The average Bonchev–Trinajstić information content (AvgIpc) is 3.09. The lowest BCUT2D eigenvalue weighted by molar-refractivity contribution is -0.120. The van der Waals surface area contributed by atoms with Crippen LogP contribution in [-0.2, 0) is 9.59 Å². The Labute approximate surface area is 196 Å². The van der Waals surface area contributed by atoms with Gasteiger partial charge >= 0.3 is 0 Å². The van der Waals surface area contributed by atoms with Crippen molar-refractivity contribution in [1.29, 1.82) is 0 Å². The van der Waals surface area contributed by atoms with E-state index >= 15 is 0 Å². The van der Waals surface area contributed by atoms with E-state index in [9.17, 15) is 14.0 Å². The molecule has 1 heterocycles. The van der Waals surface area contributed by atoms with Crippen LogP contribution in [0.15, 0.2) is 72.4 Å². The Balaban J connectivity index is 1.84. The van der Waals surface area contributed by atoms with Gasteiger partial charge in [0.2, 0.25) is 0 Å². The van der Waals surface area contributed by atoms with Crippen molar-refractivity contribution >= 4 is 28.8 Å². The van der Waals surface area contributed by atoms with Crippen LogP contribution in [-0.4, -0.2) is 32.6 Å². The molecule has 3 aromatic carbocycles. The molecular weight excluding hydrogens is 439 g/mol. The number of para-hydroxylation sites is 2. The molecule has 0 fully saturated rings. The van der Waals surface area contributed by atoms with Gasteiger partial charge in [-0.25, -0.2) is 9.29 Å². The molecule has 0 radical (unpaired) electrons. The maximum atomic E-state index is 13.6. The predicted molar refractivity (Wildman–Crippen MR) is 127 cm³/mol. The molecule has 0 unspecified atom stereocenters. The highest BCUT2D eigenvalue weighted by molar-refractivity contribution is 6.46.